The Labute approximate surface area is 162 Å². The van der Waals surface area contributed by atoms with Crippen LogP contribution < -0.4 is 0 Å². The minimum absolute atomic E-state index is 0.0294. The molecule has 0 saturated carbocycles. The molecule has 0 aromatic carbocycles. The summed E-state index contributed by atoms with van der Waals surface area (Å²) in [6.45, 7) is 20.8. The lowest BCUT2D eigenvalue weighted by molar-refractivity contribution is 0.111. The number of hydrogen-bond acceptors (Lipinski definition) is 3. The Hall–Kier alpha value is -0.900. The molecule has 0 spiro atoms. The molecule has 0 fully saturated rings. The van der Waals surface area contributed by atoms with Crippen molar-refractivity contribution in [3.63, 3.8) is 0 Å². The van der Waals surface area contributed by atoms with Gasteiger partial charge in [-0.3, -0.25) is 0 Å². The van der Waals surface area contributed by atoms with Gasteiger partial charge in [0.1, 0.15) is 0 Å². The van der Waals surface area contributed by atoms with Gasteiger partial charge in [0.15, 0.2) is 0 Å². The van der Waals surface area contributed by atoms with Crippen molar-refractivity contribution in [3.8, 4) is 0 Å². The Morgan fingerprint density at radius 2 is 1.77 bits per heavy atom. The Morgan fingerprint density at radius 3 is 2.38 bits per heavy atom. The number of nitrogens with zero attached hydrogens (tertiary/aromatic N) is 3. The molecule has 26 heavy (non-hydrogen) atoms. The SMILES string of the molecule is CCC[C@H](C)CCOCCn1cc(C(C)(C)CC(C)(C)C(C)CC)nn1. The molecule has 1 aromatic rings. The molecule has 0 amide bonds. The summed E-state index contributed by atoms with van der Waals surface area (Å²) in [5.41, 5.74) is 1.41. The van der Waals surface area contributed by atoms with E-state index < -0.39 is 0 Å². The van der Waals surface area contributed by atoms with E-state index in [0.29, 0.717) is 17.9 Å². The van der Waals surface area contributed by atoms with E-state index in [1.165, 1.54) is 19.3 Å². The van der Waals surface area contributed by atoms with Crippen molar-refractivity contribution in [1.82, 2.24) is 15.0 Å². The minimum Gasteiger partial charge on any atom is -0.380 e. The van der Waals surface area contributed by atoms with Crippen LogP contribution in [0.15, 0.2) is 6.20 Å². The van der Waals surface area contributed by atoms with Crippen molar-refractivity contribution in [1.29, 1.82) is 0 Å². The summed E-state index contributed by atoms with van der Waals surface area (Å²) in [6.07, 6.45) is 8.12. The lowest BCUT2D eigenvalue weighted by Gasteiger charge is -2.38. The molecule has 1 unspecified atom stereocenters. The Morgan fingerprint density at radius 1 is 1.08 bits per heavy atom. The topological polar surface area (TPSA) is 39.9 Å². The number of aromatic nitrogens is 3. The highest BCUT2D eigenvalue weighted by Crippen LogP contribution is 2.41. The Balaban J connectivity index is 2.48. The monoisotopic (exact) mass is 365 g/mol. The van der Waals surface area contributed by atoms with Gasteiger partial charge in [0.2, 0.25) is 0 Å². The van der Waals surface area contributed by atoms with Crippen molar-refractivity contribution >= 4 is 0 Å². The summed E-state index contributed by atoms with van der Waals surface area (Å²) in [4.78, 5) is 0. The van der Waals surface area contributed by atoms with Crippen LogP contribution in [0.1, 0.15) is 93.2 Å². The van der Waals surface area contributed by atoms with Gasteiger partial charge < -0.3 is 4.74 Å². The first-order valence-electron chi connectivity index (χ1n) is 10.6. The van der Waals surface area contributed by atoms with Crippen LogP contribution >= 0.6 is 0 Å². The standard InChI is InChI=1S/C22H43N3O/c1-9-11-18(3)12-14-26-15-13-25-16-20(23-24-25)22(7,8)17-21(5,6)19(4)10-2/h16,18-19H,9-15,17H2,1-8H3/t18-,19?/m0/s1. The zero-order valence-corrected chi connectivity index (χ0v) is 18.6. The Kier molecular flexibility index (Phi) is 9.29. The van der Waals surface area contributed by atoms with Gasteiger partial charge in [0.25, 0.3) is 0 Å². The third-order valence-electron chi connectivity index (χ3n) is 6.08. The van der Waals surface area contributed by atoms with E-state index in [1.807, 2.05) is 4.68 Å². The molecule has 4 heteroatoms. The van der Waals surface area contributed by atoms with Crippen LogP contribution in [0.2, 0.25) is 0 Å². The van der Waals surface area contributed by atoms with Crippen LogP contribution in [0.25, 0.3) is 0 Å². The molecule has 152 valence electrons. The van der Waals surface area contributed by atoms with Crippen molar-refractivity contribution in [3.05, 3.63) is 11.9 Å². The van der Waals surface area contributed by atoms with Gasteiger partial charge in [-0.25, -0.2) is 4.68 Å². The van der Waals surface area contributed by atoms with Gasteiger partial charge in [-0.05, 0) is 30.1 Å². The van der Waals surface area contributed by atoms with Gasteiger partial charge >= 0.3 is 0 Å². The minimum atomic E-state index is 0.0294. The third-order valence-corrected chi connectivity index (χ3v) is 6.08. The summed E-state index contributed by atoms with van der Waals surface area (Å²) >= 11 is 0. The van der Waals surface area contributed by atoms with E-state index in [9.17, 15) is 0 Å². The van der Waals surface area contributed by atoms with Crippen molar-refractivity contribution in [2.45, 2.75) is 99.5 Å². The molecule has 0 N–H and O–H groups in total. The van der Waals surface area contributed by atoms with Gasteiger partial charge in [0, 0.05) is 18.2 Å². The molecule has 0 aliphatic rings. The molecule has 1 heterocycles. The van der Waals surface area contributed by atoms with Crippen LogP contribution in [-0.4, -0.2) is 28.2 Å². The fourth-order valence-electron chi connectivity index (χ4n) is 3.86. The molecule has 0 aliphatic heterocycles. The molecule has 2 atom stereocenters. The van der Waals surface area contributed by atoms with Crippen molar-refractivity contribution < 1.29 is 4.74 Å². The molecular weight excluding hydrogens is 322 g/mol. The second-order valence-corrected chi connectivity index (χ2v) is 9.52. The van der Waals surface area contributed by atoms with Gasteiger partial charge in [-0.15, -0.1) is 5.10 Å². The predicted molar refractivity (Wildman–Crippen MR) is 110 cm³/mol. The fraction of sp³-hybridized carbons (Fsp3) is 0.909. The molecule has 1 aromatic heterocycles. The highest BCUT2D eigenvalue weighted by Gasteiger charge is 2.35. The first kappa shape index (κ1) is 23.1. The predicted octanol–water partition coefficient (Wildman–Crippen LogP) is 5.86. The third kappa shape index (κ3) is 7.38. The maximum Gasteiger partial charge on any atom is 0.0883 e. The van der Waals surface area contributed by atoms with Crippen molar-refractivity contribution in [2.24, 2.45) is 17.3 Å². The van der Waals surface area contributed by atoms with E-state index in [-0.39, 0.29) is 5.41 Å². The highest BCUT2D eigenvalue weighted by molar-refractivity contribution is 5.10. The Bertz CT molecular complexity index is 507. The molecule has 4 nitrogen and oxygen atoms in total. The van der Waals surface area contributed by atoms with Crippen LogP contribution in [0.4, 0.5) is 0 Å². The van der Waals surface area contributed by atoms with E-state index in [2.05, 4.69) is 71.9 Å². The van der Waals surface area contributed by atoms with E-state index in [1.54, 1.807) is 0 Å². The zero-order valence-electron chi connectivity index (χ0n) is 18.6. The molecule has 0 aliphatic carbocycles. The van der Waals surface area contributed by atoms with Crippen LogP contribution in [0.3, 0.4) is 0 Å². The summed E-state index contributed by atoms with van der Waals surface area (Å²) in [5.74, 6) is 1.45. The smallest absolute Gasteiger partial charge is 0.0883 e. The van der Waals surface area contributed by atoms with Gasteiger partial charge in [-0.2, -0.15) is 0 Å². The van der Waals surface area contributed by atoms with E-state index in [4.69, 9.17) is 4.74 Å². The average Bonchev–Trinajstić information content (AvgIpc) is 3.03. The molecular formula is C22H43N3O. The molecule has 0 saturated heterocycles. The summed E-state index contributed by atoms with van der Waals surface area (Å²) in [7, 11) is 0. The van der Waals surface area contributed by atoms with E-state index >= 15 is 0 Å². The molecule has 1 rings (SSSR count). The summed E-state index contributed by atoms with van der Waals surface area (Å²) in [5, 5.41) is 8.79. The lowest BCUT2D eigenvalue weighted by Crippen LogP contribution is -2.31. The number of ether oxygens (including phenoxy) is 1. The second-order valence-electron chi connectivity index (χ2n) is 9.52. The second kappa shape index (κ2) is 10.4. The first-order valence-corrected chi connectivity index (χ1v) is 10.6. The summed E-state index contributed by atoms with van der Waals surface area (Å²) in [6, 6.07) is 0. The normalized spacial score (nSPS) is 15.2. The maximum absolute atomic E-state index is 5.79. The average molecular weight is 366 g/mol. The van der Waals surface area contributed by atoms with Gasteiger partial charge in [0.05, 0.1) is 18.8 Å². The van der Waals surface area contributed by atoms with Gasteiger partial charge in [-0.1, -0.05) is 79.9 Å². The van der Waals surface area contributed by atoms with Crippen molar-refractivity contribution in [2.75, 3.05) is 13.2 Å². The van der Waals surface area contributed by atoms with Crippen LogP contribution in [-0.2, 0) is 16.7 Å². The fourth-order valence-corrected chi connectivity index (χ4v) is 3.86. The molecule has 0 bridgehead atoms. The largest absolute Gasteiger partial charge is 0.380 e. The van der Waals surface area contributed by atoms with Crippen LogP contribution in [0, 0.1) is 17.3 Å². The van der Waals surface area contributed by atoms with E-state index in [0.717, 1.165) is 37.6 Å². The maximum atomic E-state index is 5.79. The molecule has 0 radical (unpaired) electrons. The quantitative estimate of drug-likeness (QED) is 0.411. The highest BCUT2D eigenvalue weighted by atomic mass is 16.5. The number of hydrogen-bond donors (Lipinski definition) is 0. The lowest BCUT2D eigenvalue weighted by atomic mass is 9.67. The summed E-state index contributed by atoms with van der Waals surface area (Å²) < 4.78 is 7.72. The zero-order chi connectivity index (χ0) is 19.8. The first-order chi connectivity index (χ1) is 12.1. The number of rotatable bonds is 13. The van der Waals surface area contributed by atoms with Crippen LogP contribution in [0.5, 0.6) is 0 Å².